The van der Waals surface area contributed by atoms with Crippen LogP contribution in [0.5, 0.6) is 0 Å². The van der Waals surface area contributed by atoms with Crippen molar-refractivity contribution in [2.75, 3.05) is 13.1 Å². The van der Waals surface area contributed by atoms with E-state index in [-0.39, 0.29) is 18.1 Å². The average molecular weight is 266 g/mol. The highest BCUT2D eigenvalue weighted by Gasteiger charge is 2.33. The summed E-state index contributed by atoms with van der Waals surface area (Å²) in [6.07, 6.45) is -0.323. The van der Waals surface area contributed by atoms with Crippen LogP contribution in [0.1, 0.15) is 12.0 Å². The van der Waals surface area contributed by atoms with Crippen LogP contribution in [0.3, 0.4) is 0 Å². The van der Waals surface area contributed by atoms with Gasteiger partial charge in [-0.3, -0.25) is 4.79 Å². The third kappa shape index (κ3) is 3.51. The van der Waals surface area contributed by atoms with E-state index in [1.165, 1.54) is 12.1 Å². The van der Waals surface area contributed by atoms with Gasteiger partial charge in [0.15, 0.2) is 6.04 Å². The summed E-state index contributed by atoms with van der Waals surface area (Å²) in [4.78, 5) is 23.2. The van der Waals surface area contributed by atoms with E-state index in [1.807, 2.05) is 0 Å². The Bertz CT molecular complexity index is 493. The van der Waals surface area contributed by atoms with Crippen LogP contribution in [0.4, 0.5) is 4.39 Å². The number of hydrogen-bond acceptors (Lipinski definition) is 3. The number of aliphatic carboxylic acids is 1. The number of quaternary nitrogens is 1. The van der Waals surface area contributed by atoms with Crippen LogP contribution in [-0.4, -0.2) is 31.0 Å². The van der Waals surface area contributed by atoms with Crippen LogP contribution in [0.25, 0.3) is 0 Å². The Morgan fingerprint density at radius 2 is 2.32 bits per heavy atom. The molecule has 1 heterocycles. The fourth-order valence-electron chi connectivity index (χ4n) is 2.35. The highest BCUT2D eigenvalue weighted by Crippen LogP contribution is 2.02. The molecule has 1 amide bonds. The first kappa shape index (κ1) is 13.5. The second-order valence-corrected chi connectivity index (χ2v) is 4.63. The molecule has 1 aromatic rings. The SMILES string of the molecule is O=C([O-])C[C@@H]1C(=O)NCC[NH+]1Cc1cccc(F)c1. The number of piperazine rings is 1. The molecule has 0 spiro atoms. The minimum absolute atomic E-state index is 0.290. The standard InChI is InChI=1S/C13H15FN2O3/c14-10-3-1-2-9(6-10)8-16-5-4-15-13(19)11(16)7-12(17)18/h1-3,6,11H,4-5,7-8H2,(H,15,19)(H,17,18)/t11-/m1/s1. The van der Waals surface area contributed by atoms with Gasteiger partial charge in [-0.2, -0.15) is 0 Å². The van der Waals surface area contributed by atoms with Gasteiger partial charge in [-0.25, -0.2) is 4.39 Å². The molecule has 1 unspecified atom stereocenters. The zero-order valence-electron chi connectivity index (χ0n) is 10.3. The lowest BCUT2D eigenvalue weighted by Crippen LogP contribution is -3.18. The van der Waals surface area contributed by atoms with Crippen LogP contribution in [0.15, 0.2) is 24.3 Å². The number of amides is 1. The minimum Gasteiger partial charge on any atom is -0.550 e. The summed E-state index contributed by atoms with van der Waals surface area (Å²) in [7, 11) is 0. The lowest BCUT2D eigenvalue weighted by Gasteiger charge is -2.32. The predicted molar refractivity (Wildman–Crippen MR) is 62.4 cm³/mol. The number of carbonyl (C=O) groups excluding carboxylic acids is 2. The summed E-state index contributed by atoms with van der Waals surface area (Å²) in [5.41, 5.74) is 0.744. The molecule has 2 N–H and O–H groups in total. The van der Waals surface area contributed by atoms with Gasteiger partial charge < -0.3 is 20.1 Å². The summed E-state index contributed by atoms with van der Waals surface area (Å²) in [6.45, 7) is 1.52. The molecule has 1 aromatic carbocycles. The molecule has 1 fully saturated rings. The van der Waals surface area contributed by atoms with Gasteiger partial charge in [-0.05, 0) is 12.1 Å². The third-order valence-corrected chi connectivity index (χ3v) is 3.25. The largest absolute Gasteiger partial charge is 0.550 e. The number of nitrogens with one attached hydrogen (secondary N) is 2. The number of carboxylic acids is 1. The van der Waals surface area contributed by atoms with Crippen molar-refractivity contribution in [2.45, 2.75) is 19.0 Å². The molecule has 5 nitrogen and oxygen atoms in total. The van der Waals surface area contributed by atoms with Gasteiger partial charge in [-0.15, -0.1) is 0 Å². The van der Waals surface area contributed by atoms with Crippen LogP contribution in [0, 0.1) is 5.82 Å². The molecule has 1 saturated heterocycles. The van der Waals surface area contributed by atoms with E-state index < -0.39 is 12.0 Å². The summed E-state index contributed by atoms with van der Waals surface area (Å²) in [6, 6.07) is 5.43. The zero-order chi connectivity index (χ0) is 13.8. The zero-order valence-corrected chi connectivity index (χ0v) is 10.3. The molecular formula is C13H15FN2O3. The van der Waals surface area contributed by atoms with Gasteiger partial charge in [0, 0.05) is 18.0 Å². The van der Waals surface area contributed by atoms with E-state index in [2.05, 4.69) is 5.32 Å². The van der Waals surface area contributed by atoms with E-state index in [1.54, 1.807) is 12.1 Å². The first-order chi connectivity index (χ1) is 9.06. The predicted octanol–water partition coefficient (Wildman–Crippen LogP) is -2.15. The number of benzene rings is 1. The quantitative estimate of drug-likeness (QED) is 0.652. The second kappa shape index (κ2) is 5.79. The lowest BCUT2D eigenvalue weighted by atomic mass is 10.1. The van der Waals surface area contributed by atoms with Crippen molar-refractivity contribution in [1.82, 2.24) is 5.32 Å². The van der Waals surface area contributed by atoms with Crippen LogP contribution < -0.4 is 15.3 Å². The number of halogens is 1. The van der Waals surface area contributed by atoms with E-state index in [0.717, 1.165) is 10.5 Å². The maximum Gasteiger partial charge on any atom is 0.278 e. The molecule has 1 aliphatic heterocycles. The van der Waals surface area contributed by atoms with Gasteiger partial charge in [0.2, 0.25) is 0 Å². The van der Waals surface area contributed by atoms with Gasteiger partial charge in [-0.1, -0.05) is 12.1 Å². The molecule has 0 saturated carbocycles. The maximum atomic E-state index is 13.1. The van der Waals surface area contributed by atoms with E-state index in [4.69, 9.17) is 0 Å². The van der Waals surface area contributed by atoms with Crippen molar-refractivity contribution >= 4 is 11.9 Å². The normalized spacial score (nSPS) is 22.9. The first-order valence-electron chi connectivity index (χ1n) is 6.13. The van der Waals surface area contributed by atoms with Crippen LogP contribution in [-0.2, 0) is 16.1 Å². The monoisotopic (exact) mass is 266 g/mol. The summed E-state index contributed by atoms with van der Waals surface area (Å²) < 4.78 is 13.1. The van der Waals surface area contributed by atoms with E-state index in [9.17, 15) is 19.1 Å². The average Bonchev–Trinajstić information content (AvgIpc) is 2.33. The van der Waals surface area contributed by atoms with Crippen molar-refractivity contribution in [3.05, 3.63) is 35.6 Å². The fourth-order valence-corrected chi connectivity index (χ4v) is 2.35. The third-order valence-electron chi connectivity index (χ3n) is 3.25. The maximum absolute atomic E-state index is 13.1. The molecule has 6 heteroatoms. The Morgan fingerprint density at radius 3 is 3.00 bits per heavy atom. The minimum atomic E-state index is -1.25. The van der Waals surface area contributed by atoms with Crippen molar-refractivity contribution in [3.63, 3.8) is 0 Å². The molecule has 2 rings (SSSR count). The molecule has 0 aliphatic carbocycles. The molecule has 0 radical (unpaired) electrons. The van der Waals surface area contributed by atoms with Crippen molar-refractivity contribution in [2.24, 2.45) is 0 Å². The van der Waals surface area contributed by atoms with Gasteiger partial charge in [0.25, 0.3) is 5.91 Å². The Hall–Kier alpha value is -1.95. The highest BCUT2D eigenvalue weighted by atomic mass is 19.1. The van der Waals surface area contributed by atoms with E-state index in [0.29, 0.717) is 19.6 Å². The highest BCUT2D eigenvalue weighted by molar-refractivity contribution is 5.84. The van der Waals surface area contributed by atoms with Crippen LogP contribution in [0.2, 0.25) is 0 Å². The molecular weight excluding hydrogens is 251 g/mol. The summed E-state index contributed by atoms with van der Waals surface area (Å²) >= 11 is 0. The smallest absolute Gasteiger partial charge is 0.278 e. The van der Waals surface area contributed by atoms with Crippen LogP contribution >= 0.6 is 0 Å². The fraction of sp³-hybridized carbons (Fsp3) is 0.385. The molecule has 0 aromatic heterocycles. The molecule has 1 aliphatic rings. The lowest BCUT2D eigenvalue weighted by molar-refractivity contribution is -0.930. The van der Waals surface area contributed by atoms with Crippen molar-refractivity contribution in [1.29, 1.82) is 0 Å². The number of carbonyl (C=O) groups is 2. The Morgan fingerprint density at radius 1 is 1.53 bits per heavy atom. The van der Waals surface area contributed by atoms with Crippen molar-refractivity contribution < 1.29 is 24.0 Å². The second-order valence-electron chi connectivity index (χ2n) is 4.63. The first-order valence-corrected chi connectivity index (χ1v) is 6.13. The van der Waals surface area contributed by atoms with Gasteiger partial charge >= 0.3 is 0 Å². The van der Waals surface area contributed by atoms with Crippen molar-refractivity contribution in [3.8, 4) is 0 Å². The molecule has 102 valence electrons. The number of rotatable bonds is 4. The van der Waals surface area contributed by atoms with Gasteiger partial charge in [0.05, 0.1) is 13.1 Å². The van der Waals surface area contributed by atoms with Gasteiger partial charge in [0.1, 0.15) is 12.4 Å². The molecule has 2 atom stereocenters. The molecule has 19 heavy (non-hydrogen) atoms. The Kier molecular flexibility index (Phi) is 4.11. The number of hydrogen-bond donors (Lipinski definition) is 2. The topological polar surface area (TPSA) is 73.7 Å². The Balaban J connectivity index is 2.11. The van der Waals surface area contributed by atoms with E-state index >= 15 is 0 Å². The molecule has 0 bridgehead atoms. The summed E-state index contributed by atoms with van der Waals surface area (Å²) in [5.74, 6) is -1.88. The Labute approximate surface area is 110 Å². The number of carboxylic acid groups (broad SMARTS) is 1. The summed E-state index contributed by atoms with van der Waals surface area (Å²) in [5, 5.41) is 13.3.